The number of aromatic nitrogens is 1. The first-order valence-corrected chi connectivity index (χ1v) is 9.80. The molecule has 3 aromatic rings. The van der Waals surface area contributed by atoms with Crippen LogP contribution in [-0.4, -0.2) is 30.7 Å². The number of hydrogen-bond donors (Lipinski definition) is 2. The Balaban J connectivity index is 2.16. The molecule has 0 saturated heterocycles. The van der Waals surface area contributed by atoms with Gasteiger partial charge in [-0.2, -0.15) is 0 Å². The molecule has 5 nitrogen and oxygen atoms in total. The molecule has 24 heavy (non-hydrogen) atoms. The summed E-state index contributed by atoms with van der Waals surface area (Å²) < 4.78 is 23.4. The summed E-state index contributed by atoms with van der Waals surface area (Å²) in [6.45, 7) is 1.98. The average molecular weight is 361 g/mol. The highest BCUT2D eigenvalue weighted by Gasteiger charge is 2.19. The molecule has 2 aromatic carbocycles. The lowest BCUT2D eigenvalue weighted by Gasteiger charge is -2.03. The van der Waals surface area contributed by atoms with E-state index in [2.05, 4.69) is 4.98 Å². The van der Waals surface area contributed by atoms with Crippen molar-refractivity contribution in [3.63, 3.8) is 0 Å². The highest BCUT2D eigenvalue weighted by molar-refractivity contribution is 7.99. The van der Waals surface area contributed by atoms with Crippen molar-refractivity contribution in [3.8, 4) is 0 Å². The van der Waals surface area contributed by atoms with Crippen molar-refractivity contribution in [3.05, 3.63) is 53.7 Å². The lowest BCUT2D eigenvalue weighted by molar-refractivity contribution is 0.0687. The van der Waals surface area contributed by atoms with E-state index >= 15 is 0 Å². The molecule has 1 heterocycles. The Labute approximate surface area is 143 Å². The van der Waals surface area contributed by atoms with Crippen LogP contribution in [-0.2, 0) is 9.84 Å². The second kappa shape index (κ2) is 5.99. The van der Waals surface area contributed by atoms with Crippen LogP contribution in [0, 0.1) is 6.92 Å². The first kappa shape index (κ1) is 16.6. The van der Waals surface area contributed by atoms with Crippen molar-refractivity contribution in [2.45, 2.75) is 21.6 Å². The van der Waals surface area contributed by atoms with E-state index in [1.54, 1.807) is 6.07 Å². The van der Waals surface area contributed by atoms with Gasteiger partial charge < -0.3 is 10.1 Å². The van der Waals surface area contributed by atoms with Crippen molar-refractivity contribution in [2.75, 3.05) is 6.26 Å². The monoisotopic (exact) mass is 361 g/mol. The van der Waals surface area contributed by atoms with Gasteiger partial charge in [0.15, 0.2) is 9.84 Å². The molecule has 1 aromatic heterocycles. The number of nitrogens with one attached hydrogen (secondary N) is 1. The van der Waals surface area contributed by atoms with Crippen molar-refractivity contribution in [2.24, 2.45) is 0 Å². The summed E-state index contributed by atoms with van der Waals surface area (Å²) in [5, 5.41) is 10.1. The second-order valence-corrected chi connectivity index (χ2v) is 8.63. The fraction of sp³-hybridized carbons (Fsp3) is 0.118. The SMILES string of the molecule is Cc1ccc(Sc2c(C(=O)O)[nH]c3cc(S(C)(=O)=O)ccc23)cc1. The van der Waals surface area contributed by atoms with Crippen LogP contribution in [0.3, 0.4) is 0 Å². The van der Waals surface area contributed by atoms with E-state index in [4.69, 9.17) is 0 Å². The van der Waals surface area contributed by atoms with Crippen LogP contribution in [0.5, 0.6) is 0 Å². The third-order valence-electron chi connectivity index (χ3n) is 3.61. The van der Waals surface area contributed by atoms with Crippen LogP contribution < -0.4 is 0 Å². The predicted molar refractivity (Wildman–Crippen MR) is 93.7 cm³/mol. The Morgan fingerprint density at radius 1 is 1.12 bits per heavy atom. The normalized spacial score (nSPS) is 11.8. The molecule has 0 saturated carbocycles. The fourth-order valence-electron chi connectivity index (χ4n) is 2.36. The molecule has 2 N–H and O–H groups in total. The van der Waals surface area contributed by atoms with Gasteiger partial charge in [-0.1, -0.05) is 35.5 Å². The van der Waals surface area contributed by atoms with Crippen LogP contribution in [0.25, 0.3) is 10.9 Å². The molecule has 0 aliphatic heterocycles. The summed E-state index contributed by atoms with van der Waals surface area (Å²) in [6.07, 6.45) is 1.12. The molecule has 0 amide bonds. The number of H-pyrrole nitrogens is 1. The summed E-state index contributed by atoms with van der Waals surface area (Å²) in [7, 11) is -3.36. The van der Waals surface area contributed by atoms with Gasteiger partial charge in [0.1, 0.15) is 5.69 Å². The maximum absolute atomic E-state index is 11.7. The van der Waals surface area contributed by atoms with Crippen molar-refractivity contribution in [1.82, 2.24) is 4.98 Å². The lowest BCUT2D eigenvalue weighted by Crippen LogP contribution is -1.98. The standard InChI is InChI=1S/C17H15NO4S2/c1-10-3-5-11(6-4-10)23-16-13-8-7-12(24(2,21)22)9-14(13)18-15(16)17(19)20/h3-9,18H,1-2H3,(H,19,20). The fourth-order valence-corrected chi connectivity index (χ4v) is 4.05. The largest absolute Gasteiger partial charge is 0.477 e. The minimum Gasteiger partial charge on any atom is -0.477 e. The van der Waals surface area contributed by atoms with Gasteiger partial charge in [0.25, 0.3) is 0 Å². The third-order valence-corrected chi connectivity index (χ3v) is 5.85. The van der Waals surface area contributed by atoms with Gasteiger partial charge >= 0.3 is 5.97 Å². The highest BCUT2D eigenvalue weighted by atomic mass is 32.2. The molecular weight excluding hydrogens is 346 g/mol. The summed E-state index contributed by atoms with van der Waals surface area (Å²) >= 11 is 1.34. The second-order valence-electron chi connectivity index (χ2n) is 5.53. The van der Waals surface area contributed by atoms with Gasteiger partial charge in [-0.15, -0.1) is 0 Å². The number of rotatable bonds is 4. The zero-order chi connectivity index (χ0) is 17.5. The number of carboxylic acids is 1. The summed E-state index contributed by atoms with van der Waals surface area (Å²) in [5.41, 5.74) is 1.67. The van der Waals surface area contributed by atoms with Crippen LogP contribution in [0.2, 0.25) is 0 Å². The maximum atomic E-state index is 11.7. The topological polar surface area (TPSA) is 87.2 Å². The molecule has 0 fully saturated rings. The number of fused-ring (bicyclic) bond motifs is 1. The van der Waals surface area contributed by atoms with Crippen molar-refractivity contribution < 1.29 is 18.3 Å². The predicted octanol–water partition coefficient (Wildman–Crippen LogP) is 3.73. The Morgan fingerprint density at radius 2 is 1.79 bits per heavy atom. The smallest absolute Gasteiger partial charge is 0.353 e. The third kappa shape index (κ3) is 3.18. The minimum absolute atomic E-state index is 0.0567. The maximum Gasteiger partial charge on any atom is 0.353 e. The molecule has 0 radical (unpaired) electrons. The number of sulfone groups is 1. The van der Waals surface area contributed by atoms with E-state index in [9.17, 15) is 18.3 Å². The van der Waals surface area contributed by atoms with Gasteiger partial charge in [-0.05, 0) is 31.2 Å². The van der Waals surface area contributed by atoms with Gasteiger partial charge in [-0.25, -0.2) is 13.2 Å². The number of benzene rings is 2. The summed E-state index contributed by atoms with van der Waals surface area (Å²) in [5.74, 6) is -1.08. The average Bonchev–Trinajstić information content (AvgIpc) is 2.87. The zero-order valence-corrected chi connectivity index (χ0v) is 14.7. The van der Waals surface area contributed by atoms with Crippen LogP contribution in [0.15, 0.2) is 57.2 Å². The summed E-state index contributed by atoms with van der Waals surface area (Å²) in [6, 6.07) is 12.4. The molecule has 0 spiro atoms. The molecule has 0 aliphatic carbocycles. The van der Waals surface area contributed by atoms with Gasteiger partial charge in [0.05, 0.1) is 9.79 Å². The lowest BCUT2D eigenvalue weighted by atomic mass is 10.2. The van der Waals surface area contributed by atoms with Crippen molar-refractivity contribution in [1.29, 1.82) is 0 Å². The Bertz CT molecular complexity index is 1030. The minimum atomic E-state index is -3.36. The first-order chi connectivity index (χ1) is 11.3. The van der Waals surface area contributed by atoms with E-state index in [0.717, 1.165) is 16.7 Å². The van der Waals surface area contributed by atoms with E-state index in [1.165, 1.54) is 23.9 Å². The molecule has 7 heteroatoms. The zero-order valence-electron chi connectivity index (χ0n) is 13.0. The van der Waals surface area contributed by atoms with Crippen LogP contribution in [0.1, 0.15) is 16.1 Å². The van der Waals surface area contributed by atoms with Gasteiger partial charge in [0.2, 0.25) is 0 Å². The van der Waals surface area contributed by atoms with E-state index in [1.807, 2.05) is 31.2 Å². The highest BCUT2D eigenvalue weighted by Crippen LogP contribution is 2.37. The Morgan fingerprint density at radius 3 is 2.38 bits per heavy atom. The van der Waals surface area contributed by atoms with E-state index < -0.39 is 15.8 Å². The number of aromatic amines is 1. The molecule has 0 atom stereocenters. The van der Waals surface area contributed by atoms with Gasteiger partial charge in [-0.3, -0.25) is 0 Å². The summed E-state index contributed by atoms with van der Waals surface area (Å²) in [4.78, 5) is 16.0. The molecule has 0 unspecified atom stereocenters. The molecule has 124 valence electrons. The number of hydrogen-bond acceptors (Lipinski definition) is 4. The number of carbonyl (C=O) groups is 1. The first-order valence-electron chi connectivity index (χ1n) is 7.09. The molecule has 3 rings (SSSR count). The number of aromatic carboxylic acids is 1. The molecule has 0 aliphatic rings. The number of carboxylic acid groups (broad SMARTS) is 1. The van der Waals surface area contributed by atoms with Gasteiger partial charge in [0, 0.05) is 22.1 Å². The van der Waals surface area contributed by atoms with E-state index in [-0.39, 0.29) is 10.6 Å². The number of aryl methyl sites for hydroxylation is 1. The Hall–Kier alpha value is -2.25. The quantitative estimate of drug-likeness (QED) is 0.739. The van der Waals surface area contributed by atoms with Crippen LogP contribution >= 0.6 is 11.8 Å². The molecule has 0 bridgehead atoms. The van der Waals surface area contributed by atoms with Crippen molar-refractivity contribution >= 4 is 38.5 Å². The molecular formula is C17H15NO4S2. The van der Waals surface area contributed by atoms with Crippen LogP contribution in [0.4, 0.5) is 0 Å². The van der Waals surface area contributed by atoms with E-state index in [0.29, 0.717) is 15.8 Å². The Kier molecular flexibility index (Phi) is 4.15.